The van der Waals surface area contributed by atoms with Crippen molar-refractivity contribution in [2.24, 2.45) is 0 Å². The standard InChI is InChI=1S/C30H26ClFN4O4S/c1-18-13-19(2)34-30(33-18)41-16-27(37)36(15-21-5-3-4-6-24(21)32)28(20-7-9-22(31)10-8-20)29(38)35-23-11-12-25-26(14-23)40-17-39-25/h3-14,28H,15-17H2,1-2H3,(H,35,38). The van der Waals surface area contributed by atoms with Crippen LogP contribution in [0.5, 0.6) is 11.5 Å². The molecule has 0 bridgehead atoms. The van der Waals surface area contributed by atoms with Crippen LogP contribution >= 0.6 is 23.4 Å². The molecule has 0 spiro atoms. The van der Waals surface area contributed by atoms with E-state index in [1.165, 1.54) is 11.0 Å². The molecule has 1 aliphatic rings. The van der Waals surface area contributed by atoms with Gasteiger partial charge >= 0.3 is 0 Å². The summed E-state index contributed by atoms with van der Waals surface area (Å²) < 4.78 is 25.6. The van der Waals surface area contributed by atoms with Crippen LogP contribution in [-0.2, 0) is 16.1 Å². The lowest BCUT2D eigenvalue weighted by Gasteiger charge is -2.31. The highest BCUT2D eigenvalue weighted by Crippen LogP contribution is 2.35. The highest BCUT2D eigenvalue weighted by atomic mass is 35.5. The van der Waals surface area contributed by atoms with E-state index in [1.807, 2.05) is 19.9 Å². The summed E-state index contributed by atoms with van der Waals surface area (Å²) in [5, 5.41) is 3.79. The van der Waals surface area contributed by atoms with Gasteiger partial charge in [-0.3, -0.25) is 9.59 Å². The number of nitrogens with one attached hydrogen (secondary N) is 1. The Labute approximate surface area is 245 Å². The molecule has 0 radical (unpaired) electrons. The van der Waals surface area contributed by atoms with Crippen LogP contribution in [0.1, 0.15) is 28.6 Å². The molecule has 210 valence electrons. The second-order valence-electron chi connectivity index (χ2n) is 9.35. The van der Waals surface area contributed by atoms with Gasteiger partial charge in [-0.1, -0.05) is 53.7 Å². The Bertz CT molecular complexity index is 1570. The maximum absolute atomic E-state index is 14.8. The number of carbonyl (C=O) groups excluding carboxylic acids is 2. The van der Waals surface area contributed by atoms with E-state index >= 15 is 0 Å². The molecule has 11 heteroatoms. The number of halogens is 2. The number of hydrogen-bond acceptors (Lipinski definition) is 7. The summed E-state index contributed by atoms with van der Waals surface area (Å²) in [6.45, 7) is 3.64. The summed E-state index contributed by atoms with van der Waals surface area (Å²) >= 11 is 7.30. The normalized spacial score (nSPS) is 12.6. The van der Waals surface area contributed by atoms with Crippen LogP contribution in [0.25, 0.3) is 0 Å². The van der Waals surface area contributed by atoms with Crippen molar-refractivity contribution in [2.45, 2.75) is 31.6 Å². The summed E-state index contributed by atoms with van der Waals surface area (Å²) in [5.41, 5.74) is 2.78. The first-order chi connectivity index (χ1) is 19.8. The molecule has 2 amide bonds. The van der Waals surface area contributed by atoms with Crippen molar-refractivity contribution >= 4 is 40.9 Å². The topological polar surface area (TPSA) is 93.7 Å². The largest absolute Gasteiger partial charge is 0.454 e. The Morgan fingerprint density at radius 1 is 1.00 bits per heavy atom. The van der Waals surface area contributed by atoms with Gasteiger partial charge in [-0.2, -0.15) is 0 Å². The zero-order chi connectivity index (χ0) is 28.9. The van der Waals surface area contributed by atoms with E-state index in [1.54, 1.807) is 60.7 Å². The molecule has 2 heterocycles. The molecule has 3 aromatic carbocycles. The van der Waals surface area contributed by atoms with E-state index in [0.717, 1.165) is 23.1 Å². The van der Waals surface area contributed by atoms with E-state index < -0.39 is 23.7 Å². The van der Waals surface area contributed by atoms with E-state index in [9.17, 15) is 14.0 Å². The molecule has 0 fully saturated rings. The van der Waals surface area contributed by atoms with Gasteiger partial charge in [-0.15, -0.1) is 0 Å². The lowest BCUT2D eigenvalue weighted by Crippen LogP contribution is -2.42. The Morgan fingerprint density at radius 3 is 2.44 bits per heavy atom. The third-order valence-electron chi connectivity index (χ3n) is 6.29. The van der Waals surface area contributed by atoms with Gasteiger partial charge in [0.25, 0.3) is 5.91 Å². The molecule has 0 aliphatic carbocycles. The van der Waals surface area contributed by atoms with Crippen LogP contribution in [0.2, 0.25) is 5.02 Å². The molecule has 0 saturated heterocycles. The average Bonchev–Trinajstić information content (AvgIpc) is 3.41. The SMILES string of the molecule is Cc1cc(C)nc(SCC(=O)N(Cc2ccccc2F)C(C(=O)Nc2ccc3c(c2)OCO3)c2ccc(Cl)cc2)n1. The number of anilines is 1. The number of hydrogen-bond donors (Lipinski definition) is 1. The van der Waals surface area contributed by atoms with Gasteiger partial charge in [0.15, 0.2) is 16.7 Å². The second-order valence-corrected chi connectivity index (χ2v) is 10.7. The van der Waals surface area contributed by atoms with E-state index in [0.29, 0.717) is 32.9 Å². The summed E-state index contributed by atoms with van der Waals surface area (Å²) in [6.07, 6.45) is 0. The fourth-order valence-electron chi connectivity index (χ4n) is 4.40. The fraction of sp³-hybridized carbons (Fsp3) is 0.200. The molecule has 1 atom stereocenters. The Morgan fingerprint density at radius 2 is 1.71 bits per heavy atom. The summed E-state index contributed by atoms with van der Waals surface area (Å²) in [4.78, 5) is 38.0. The van der Waals surface area contributed by atoms with Gasteiger partial charge in [0.05, 0.1) is 5.75 Å². The zero-order valence-electron chi connectivity index (χ0n) is 22.3. The first-order valence-electron chi connectivity index (χ1n) is 12.7. The number of ether oxygens (including phenoxy) is 2. The summed E-state index contributed by atoms with van der Waals surface area (Å²) in [6, 6.07) is 18.5. The molecule has 41 heavy (non-hydrogen) atoms. The van der Waals surface area contributed by atoms with Crippen molar-refractivity contribution in [2.75, 3.05) is 17.9 Å². The molecule has 1 aliphatic heterocycles. The summed E-state index contributed by atoms with van der Waals surface area (Å²) in [7, 11) is 0. The van der Waals surface area contributed by atoms with Crippen LogP contribution in [0.3, 0.4) is 0 Å². The number of fused-ring (bicyclic) bond motifs is 1. The minimum atomic E-state index is -1.12. The predicted octanol–water partition coefficient (Wildman–Crippen LogP) is 6.12. The maximum Gasteiger partial charge on any atom is 0.251 e. The lowest BCUT2D eigenvalue weighted by atomic mass is 10.0. The smallest absolute Gasteiger partial charge is 0.251 e. The van der Waals surface area contributed by atoms with Crippen LogP contribution in [0.4, 0.5) is 10.1 Å². The maximum atomic E-state index is 14.8. The van der Waals surface area contributed by atoms with Crippen molar-refractivity contribution in [3.63, 3.8) is 0 Å². The Kier molecular flexibility index (Phi) is 8.70. The van der Waals surface area contributed by atoms with Gasteiger partial charge in [-0.05, 0) is 55.8 Å². The number of carbonyl (C=O) groups is 2. The number of thioether (sulfide) groups is 1. The zero-order valence-corrected chi connectivity index (χ0v) is 23.8. The fourth-order valence-corrected chi connectivity index (χ4v) is 5.37. The number of benzene rings is 3. The molecule has 4 aromatic rings. The Hall–Kier alpha value is -4.15. The number of aryl methyl sites for hydroxylation is 2. The van der Waals surface area contributed by atoms with Gasteiger partial charge in [0.1, 0.15) is 11.9 Å². The van der Waals surface area contributed by atoms with Crippen LogP contribution in [-0.4, -0.2) is 39.2 Å². The number of aromatic nitrogens is 2. The van der Waals surface area contributed by atoms with Crippen molar-refractivity contribution in [1.29, 1.82) is 0 Å². The monoisotopic (exact) mass is 592 g/mol. The van der Waals surface area contributed by atoms with Crippen molar-refractivity contribution in [1.82, 2.24) is 14.9 Å². The van der Waals surface area contributed by atoms with Crippen molar-refractivity contribution in [3.05, 3.63) is 106 Å². The minimum absolute atomic E-state index is 0.0707. The van der Waals surface area contributed by atoms with Crippen molar-refractivity contribution < 1.29 is 23.5 Å². The number of amides is 2. The average molecular weight is 593 g/mol. The van der Waals surface area contributed by atoms with Crippen LogP contribution in [0.15, 0.2) is 78.0 Å². The van der Waals surface area contributed by atoms with Crippen LogP contribution < -0.4 is 14.8 Å². The van der Waals surface area contributed by atoms with Crippen molar-refractivity contribution in [3.8, 4) is 11.5 Å². The first-order valence-corrected chi connectivity index (χ1v) is 14.1. The third kappa shape index (κ3) is 6.96. The quantitative estimate of drug-likeness (QED) is 0.185. The first kappa shape index (κ1) is 28.4. The lowest BCUT2D eigenvalue weighted by molar-refractivity contribution is -0.137. The number of rotatable bonds is 9. The molecule has 0 saturated carbocycles. The van der Waals surface area contributed by atoms with E-state index in [-0.39, 0.29) is 24.7 Å². The van der Waals surface area contributed by atoms with E-state index in [4.69, 9.17) is 21.1 Å². The highest BCUT2D eigenvalue weighted by Gasteiger charge is 2.33. The van der Waals surface area contributed by atoms with Gasteiger partial charge in [0, 0.05) is 40.3 Å². The summed E-state index contributed by atoms with van der Waals surface area (Å²) in [5.74, 6) is -0.389. The molecule has 8 nitrogen and oxygen atoms in total. The van der Waals surface area contributed by atoms with Crippen LogP contribution in [0, 0.1) is 19.7 Å². The highest BCUT2D eigenvalue weighted by molar-refractivity contribution is 7.99. The molecule has 1 N–H and O–H groups in total. The predicted molar refractivity (Wildman–Crippen MR) is 155 cm³/mol. The molecule has 5 rings (SSSR count). The minimum Gasteiger partial charge on any atom is -0.454 e. The van der Waals surface area contributed by atoms with Gasteiger partial charge in [0.2, 0.25) is 12.7 Å². The number of nitrogens with zero attached hydrogens (tertiary/aromatic N) is 3. The molecular formula is C30H26ClFN4O4S. The molecule has 1 unspecified atom stereocenters. The molecular weight excluding hydrogens is 567 g/mol. The third-order valence-corrected chi connectivity index (χ3v) is 7.38. The Balaban J connectivity index is 1.49. The van der Waals surface area contributed by atoms with Gasteiger partial charge < -0.3 is 19.7 Å². The van der Waals surface area contributed by atoms with Gasteiger partial charge in [-0.25, -0.2) is 14.4 Å². The van der Waals surface area contributed by atoms with E-state index in [2.05, 4.69) is 15.3 Å². The molecule has 1 aromatic heterocycles. The second kappa shape index (κ2) is 12.6.